The molecular formula is C11H26N2O. The third-order valence-electron chi connectivity index (χ3n) is 2.69. The fraction of sp³-hybridized carbons (Fsp3) is 1.00. The molecule has 3 heteroatoms. The summed E-state index contributed by atoms with van der Waals surface area (Å²) in [5.41, 5.74) is 5.44. The van der Waals surface area contributed by atoms with Crippen LogP contribution in [0.1, 0.15) is 40.5 Å². The van der Waals surface area contributed by atoms with Crippen LogP contribution in [0.4, 0.5) is 0 Å². The summed E-state index contributed by atoms with van der Waals surface area (Å²) in [4.78, 5) is 2.41. The molecule has 0 saturated carbocycles. The van der Waals surface area contributed by atoms with Gasteiger partial charge < -0.3 is 15.7 Å². The monoisotopic (exact) mass is 202 g/mol. The van der Waals surface area contributed by atoms with Crippen LogP contribution >= 0.6 is 0 Å². The second kappa shape index (κ2) is 6.38. The second-order valence-electron chi connectivity index (χ2n) is 4.64. The first kappa shape index (κ1) is 13.9. The van der Waals surface area contributed by atoms with E-state index in [0.29, 0.717) is 6.04 Å². The van der Waals surface area contributed by atoms with E-state index in [-0.39, 0.29) is 6.61 Å². The van der Waals surface area contributed by atoms with Crippen molar-refractivity contribution < 1.29 is 5.11 Å². The molecule has 3 N–H and O–H groups in total. The number of rotatable bonds is 7. The first-order valence-corrected chi connectivity index (χ1v) is 5.56. The smallest absolute Gasteiger partial charge is 0.0608 e. The van der Waals surface area contributed by atoms with Crippen LogP contribution in [0.2, 0.25) is 0 Å². The molecule has 0 bridgehead atoms. The number of hydrogen-bond acceptors (Lipinski definition) is 3. The van der Waals surface area contributed by atoms with Gasteiger partial charge in [-0.3, -0.25) is 0 Å². The summed E-state index contributed by atoms with van der Waals surface area (Å²) in [7, 11) is 0. The molecule has 0 saturated heterocycles. The maximum absolute atomic E-state index is 8.99. The van der Waals surface area contributed by atoms with Crippen molar-refractivity contribution in [3.63, 3.8) is 0 Å². The van der Waals surface area contributed by atoms with E-state index in [4.69, 9.17) is 10.8 Å². The molecule has 1 atom stereocenters. The van der Waals surface area contributed by atoms with Gasteiger partial charge in [0.25, 0.3) is 0 Å². The Bertz CT molecular complexity index is 146. The highest BCUT2D eigenvalue weighted by molar-refractivity contribution is 4.77. The molecule has 0 amide bonds. The molecule has 0 aliphatic carbocycles. The molecule has 86 valence electrons. The predicted molar refractivity (Wildman–Crippen MR) is 61.3 cm³/mol. The summed E-state index contributed by atoms with van der Waals surface area (Å²) in [5.74, 6) is 0. The highest BCUT2D eigenvalue weighted by atomic mass is 16.3. The minimum absolute atomic E-state index is 0.0702. The lowest BCUT2D eigenvalue weighted by Crippen LogP contribution is -2.41. The largest absolute Gasteiger partial charge is 0.394 e. The second-order valence-corrected chi connectivity index (χ2v) is 4.64. The maximum Gasteiger partial charge on any atom is 0.0608 e. The Morgan fingerprint density at radius 3 is 2.36 bits per heavy atom. The average molecular weight is 202 g/mol. The van der Waals surface area contributed by atoms with Crippen LogP contribution in [0.3, 0.4) is 0 Å². The van der Waals surface area contributed by atoms with Crippen LogP contribution in [0.5, 0.6) is 0 Å². The molecule has 0 aromatic heterocycles. The molecule has 0 aliphatic heterocycles. The van der Waals surface area contributed by atoms with E-state index in [1.165, 1.54) is 0 Å². The van der Waals surface area contributed by atoms with Crippen LogP contribution < -0.4 is 5.73 Å². The zero-order valence-corrected chi connectivity index (χ0v) is 10.1. The van der Waals surface area contributed by atoms with Gasteiger partial charge in [-0.05, 0) is 46.7 Å². The third kappa shape index (κ3) is 5.58. The van der Waals surface area contributed by atoms with Crippen molar-refractivity contribution in [1.29, 1.82) is 0 Å². The van der Waals surface area contributed by atoms with E-state index < -0.39 is 5.54 Å². The zero-order chi connectivity index (χ0) is 11.2. The molecule has 0 aromatic rings. The van der Waals surface area contributed by atoms with E-state index >= 15 is 0 Å². The first-order chi connectivity index (χ1) is 6.43. The van der Waals surface area contributed by atoms with Crippen LogP contribution in [0.15, 0.2) is 0 Å². The lowest BCUT2D eigenvalue weighted by Gasteiger charge is -2.27. The van der Waals surface area contributed by atoms with Gasteiger partial charge in [0, 0.05) is 11.6 Å². The fourth-order valence-electron chi connectivity index (χ4n) is 1.55. The van der Waals surface area contributed by atoms with Gasteiger partial charge in [0.15, 0.2) is 0 Å². The van der Waals surface area contributed by atoms with Gasteiger partial charge in [-0.2, -0.15) is 0 Å². The van der Waals surface area contributed by atoms with Gasteiger partial charge >= 0.3 is 0 Å². The lowest BCUT2D eigenvalue weighted by molar-refractivity contribution is 0.180. The molecule has 0 spiro atoms. The van der Waals surface area contributed by atoms with Gasteiger partial charge in [0.2, 0.25) is 0 Å². The van der Waals surface area contributed by atoms with Crippen molar-refractivity contribution in [2.45, 2.75) is 52.1 Å². The highest BCUT2D eigenvalue weighted by Gasteiger charge is 2.17. The van der Waals surface area contributed by atoms with Gasteiger partial charge in [0.1, 0.15) is 0 Å². The van der Waals surface area contributed by atoms with Gasteiger partial charge in [-0.1, -0.05) is 6.92 Å². The summed E-state index contributed by atoms with van der Waals surface area (Å²) in [6, 6.07) is 0.596. The molecule has 1 unspecified atom stereocenters. The van der Waals surface area contributed by atoms with E-state index in [1.54, 1.807) is 0 Å². The average Bonchev–Trinajstić information content (AvgIpc) is 2.12. The normalized spacial score (nSPS) is 16.3. The fourth-order valence-corrected chi connectivity index (χ4v) is 1.55. The summed E-state index contributed by atoms with van der Waals surface area (Å²) in [5, 5.41) is 8.99. The van der Waals surface area contributed by atoms with Crippen molar-refractivity contribution >= 4 is 0 Å². The Labute approximate surface area is 88.3 Å². The Kier molecular flexibility index (Phi) is 6.33. The lowest BCUT2D eigenvalue weighted by atomic mass is 9.98. The number of aliphatic hydroxyl groups is 1. The van der Waals surface area contributed by atoms with Crippen molar-refractivity contribution in [1.82, 2.24) is 4.90 Å². The third-order valence-corrected chi connectivity index (χ3v) is 2.69. The zero-order valence-electron chi connectivity index (χ0n) is 10.1. The summed E-state index contributed by atoms with van der Waals surface area (Å²) in [6.07, 6.45) is 1.94. The minimum atomic E-state index is -0.406. The van der Waals surface area contributed by atoms with Crippen molar-refractivity contribution in [3.8, 4) is 0 Å². The predicted octanol–water partition coefficient (Wildman–Crippen LogP) is 1.21. The van der Waals surface area contributed by atoms with E-state index in [1.807, 2.05) is 6.92 Å². The Morgan fingerprint density at radius 1 is 1.43 bits per heavy atom. The van der Waals surface area contributed by atoms with Crippen molar-refractivity contribution in [3.05, 3.63) is 0 Å². The summed E-state index contributed by atoms with van der Waals surface area (Å²) >= 11 is 0. The molecule has 3 nitrogen and oxygen atoms in total. The van der Waals surface area contributed by atoms with E-state index in [9.17, 15) is 0 Å². The maximum atomic E-state index is 8.99. The number of hydrogen-bond donors (Lipinski definition) is 2. The number of nitrogens with two attached hydrogens (primary N) is 1. The Balaban J connectivity index is 3.71. The topological polar surface area (TPSA) is 49.5 Å². The number of nitrogens with zero attached hydrogens (tertiary/aromatic N) is 1. The molecule has 0 radical (unpaired) electrons. The highest BCUT2D eigenvalue weighted by Crippen LogP contribution is 2.09. The molecule has 0 fully saturated rings. The first-order valence-electron chi connectivity index (χ1n) is 5.56. The molecule has 0 heterocycles. The molecule has 14 heavy (non-hydrogen) atoms. The SMILES string of the molecule is CCN(CCCC(C)(N)CO)C(C)C. The van der Waals surface area contributed by atoms with Crippen LogP contribution in [0.25, 0.3) is 0 Å². The molecular weight excluding hydrogens is 176 g/mol. The molecule has 0 aromatic carbocycles. The van der Waals surface area contributed by atoms with Gasteiger partial charge in [-0.15, -0.1) is 0 Å². The summed E-state index contributed by atoms with van der Waals surface area (Å²) in [6.45, 7) is 10.7. The number of aliphatic hydroxyl groups excluding tert-OH is 1. The van der Waals surface area contributed by atoms with Crippen LogP contribution in [0, 0.1) is 0 Å². The minimum Gasteiger partial charge on any atom is -0.394 e. The van der Waals surface area contributed by atoms with Crippen LogP contribution in [-0.4, -0.2) is 41.3 Å². The van der Waals surface area contributed by atoms with Crippen LogP contribution in [-0.2, 0) is 0 Å². The molecule has 0 aliphatic rings. The Hall–Kier alpha value is -0.120. The van der Waals surface area contributed by atoms with Gasteiger partial charge in [-0.25, -0.2) is 0 Å². The van der Waals surface area contributed by atoms with Crippen molar-refractivity contribution in [2.24, 2.45) is 5.73 Å². The van der Waals surface area contributed by atoms with Crippen molar-refractivity contribution in [2.75, 3.05) is 19.7 Å². The summed E-state index contributed by atoms with van der Waals surface area (Å²) < 4.78 is 0. The van der Waals surface area contributed by atoms with E-state index in [0.717, 1.165) is 25.9 Å². The standard InChI is InChI=1S/C11H26N2O/c1-5-13(10(2)3)8-6-7-11(4,12)9-14/h10,14H,5-9,12H2,1-4H3. The Morgan fingerprint density at radius 2 is 2.00 bits per heavy atom. The van der Waals surface area contributed by atoms with E-state index in [2.05, 4.69) is 25.7 Å². The van der Waals surface area contributed by atoms with Gasteiger partial charge in [0.05, 0.1) is 6.61 Å². The quantitative estimate of drug-likeness (QED) is 0.652. The molecule has 0 rings (SSSR count).